The third kappa shape index (κ3) is 3.48. The molecule has 0 N–H and O–H groups in total. The number of rotatable bonds is 5. The van der Waals surface area contributed by atoms with E-state index in [0.717, 1.165) is 25.9 Å². The van der Waals surface area contributed by atoms with Crippen LogP contribution in [0.5, 0.6) is 0 Å². The Morgan fingerprint density at radius 1 is 1.00 bits per heavy atom. The summed E-state index contributed by atoms with van der Waals surface area (Å²) in [6.45, 7) is 7.43. The summed E-state index contributed by atoms with van der Waals surface area (Å²) >= 11 is 0. The molecular formula is C13H21NO4. The number of hydrogen-bond acceptors (Lipinski definition) is 5. The van der Waals surface area contributed by atoms with Gasteiger partial charge in [0.1, 0.15) is 0 Å². The van der Waals surface area contributed by atoms with E-state index in [9.17, 15) is 9.59 Å². The van der Waals surface area contributed by atoms with Gasteiger partial charge in [-0.3, -0.25) is 0 Å². The molecule has 0 aromatic carbocycles. The van der Waals surface area contributed by atoms with Crippen LogP contribution < -0.4 is 0 Å². The molecule has 0 bridgehead atoms. The number of allylic oxidation sites excluding steroid dienone is 1. The lowest BCUT2D eigenvalue weighted by molar-refractivity contribution is -0.146. The van der Waals surface area contributed by atoms with Crippen LogP contribution in [-0.4, -0.2) is 43.1 Å². The minimum atomic E-state index is -0.597. The summed E-state index contributed by atoms with van der Waals surface area (Å²) in [5.41, 5.74) is 0.685. The smallest absolute Gasteiger partial charge is 0.347 e. The Balaban J connectivity index is 2.96. The van der Waals surface area contributed by atoms with Crippen molar-refractivity contribution in [3.8, 4) is 0 Å². The summed E-state index contributed by atoms with van der Waals surface area (Å²) in [7, 11) is 0. The van der Waals surface area contributed by atoms with E-state index in [0.29, 0.717) is 5.70 Å². The molecule has 0 atom stereocenters. The number of carbonyl (C=O) groups is 2. The highest BCUT2D eigenvalue weighted by Gasteiger charge is 2.27. The van der Waals surface area contributed by atoms with Gasteiger partial charge in [-0.05, 0) is 33.6 Å². The van der Waals surface area contributed by atoms with Crippen molar-refractivity contribution in [2.24, 2.45) is 0 Å². The quantitative estimate of drug-likeness (QED) is 0.322. The van der Waals surface area contributed by atoms with E-state index in [-0.39, 0.29) is 18.8 Å². The lowest BCUT2D eigenvalue weighted by Crippen LogP contribution is -2.26. The molecule has 5 heteroatoms. The van der Waals surface area contributed by atoms with Gasteiger partial charge < -0.3 is 14.4 Å². The van der Waals surface area contributed by atoms with Crippen LogP contribution in [0.25, 0.3) is 0 Å². The fourth-order valence-electron chi connectivity index (χ4n) is 2.00. The van der Waals surface area contributed by atoms with Crippen molar-refractivity contribution in [2.75, 3.05) is 26.3 Å². The fraction of sp³-hybridized carbons (Fsp3) is 0.692. The van der Waals surface area contributed by atoms with Crippen molar-refractivity contribution >= 4 is 11.9 Å². The van der Waals surface area contributed by atoms with Gasteiger partial charge in [-0.2, -0.15) is 0 Å². The van der Waals surface area contributed by atoms with E-state index in [1.54, 1.807) is 20.8 Å². The van der Waals surface area contributed by atoms with Gasteiger partial charge in [0.25, 0.3) is 0 Å². The van der Waals surface area contributed by atoms with Crippen LogP contribution in [0.15, 0.2) is 11.3 Å². The maximum Gasteiger partial charge on any atom is 0.347 e. The maximum absolute atomic E-state index is 11.9. The van der Waals surface area contributed by atoms with Crippen LogP contribution in [0.3, 0.4) is 0 Å². The minimum Gasteiger partial charge on any atom is -0.462 e. The van der Waals surface area contributed by atoms with E-state index < -0.39 is 11.9 Å². The molecule has 18 heavy (non-hydrogen) atoms. The zero-order chi connectivity index (χ0) is 13.5. The first-order valence-electron chi connectivity index (χ1n) is 6.41. The predicted octanol–water partition coefficient (Wildman–Crippen LogP) is 1.48. The average Bonchev–Trinajstić information content (AvgIpc) is 2.83. The highest BCUT2D eigenvalue weighted by molar-refractivity contribution is 6.14. The zero-order valence-electron chi connectivity index (χ0n) is 11.3. The number of likely N-dealkylation sites (tertiary alicyclic amines) is 1. The minimum absolute atomic E-state index is 0.0283. The average molecular weight is 255 g/mol. The molecule has 0 spiro atoms. The second-order valence-electron chi connectivity index (χ2n) is 4.10. The van der Waals surface area contributed by atoms with Crippen LogP contribution in [-0.2, 0) is 19.1 Å². The summed E-state index contributed by atoms with van der Waals surface area (Å²) in [4.78, 5) is 25.7. The van der Waals surface area contributed by atoms with Crippen molar-refractivity contribution in [2.45, 2.75) is 33.6 Å². The van der Waals surface area contributed by atoms with Crippen LogP contribution in [0.1, 0.15) is 33.6 Å². The molecule has 5 nitrogen and oxygen atoms in total. The summed E-state index contributed by atoms with van der Waals surface area (Å²) in [5, 5.41) is 0. The van der Waals surface area contributed by atoms with Crippen molar-refractivity contribution in [1.29, 1.82) is 0 Å². The van der Waals surface area contributed by atoms with E-state index in [2.05, 4.69) is 0 Å². The Hall–Kier alpha value is -1.52. The molecule has 0 radical (unpaired) electrons. The Labute approximate surface area is 108 Å². The Bertz CT molecular complexity index is 323. The molecule has 1 aliphatic rings. The van der Waals surface area contributed by atoms with Gasteiger partial charge in [0.2, 0.25) is 0 Å². The normalized spacial score (nSPS) is 14.3. The molecular weight excluding hydrogens is 234 g/mol. The fourth-order valence-corrected chi connectivity index (χ4v) is 2.00. The Morgan fingerprint density at radius 3 is 1.83 bits per heavy atom. The van der Waals surface area contributed by atoms with Crippen molar-refractivity contribution < 1.29 is 19.1 Å². The number of carbonyl (C=O) groups excluding carboxylic acids is 2. The number of hydrogen-bond donors (Lipinski definition) is 0. The molecule has 0 aromatic rings. The lowest BCUT2D eigenvalue weighted by Gasteiger charge is -2.20. The highest BCUT2D eigenvalue weighted by atomic mass is 16.6. The monoisotopic (exact) mass is 255 g/mol. The molecule has 0 saturated carbocycles. The van der Waals surface area contributed by atoms with Crippen LogP contribution >= 0.6 is 0 Å². The van der Waals surface area contributed by atoms with Gasteiger partial charge in [0.05, 0.1) is 13.2 Å². The topological polar surface area (TPSA) is 55.8 Å². The number of esters is 2. The first-order valence-corrected chi connectivity index (χ1v) is 6.41. The third-order valence-electron chi connectivity index (χ3n) is 2.90. The lowest BCUT2D eigenvalue weighted by atomic mass is 10.2. The van der Waals surface area contributed by atoms with Crippen LogP contribution in [0.2, 0.25) is 0 Å². The second-order valence-corrected chi connectivity index (χ2v) is 4.10. The van der Waals surface area contributed by atoms with Crippen molar-refractivity contribution in [3.05, 3.63) is 11.3 Å². The molecule has 0 aromatic heterocycles. The zero-order valence-corrected chi connectivity index (χ0v) is 11.3. The van der Waals surface area contributed by atoms with Crippen molar-refractivity contribution in [1.82, 2.24) is 4.90 Å². The summed E-state index contributed by atoms with van der Waals surface area (Å²) < 4.78 is 9.86. The van der Waals surface area contributed by atoms with Gasteiger partial charge in [-0.1, -0.05) is 0 Å². The summed E-state index contributed by atoms with van der Waals surface area (Å²) in [6.07, 6.45) is 2.16. The van der Waals surface area contributed by atoms with Gasteiger partial charge in [-0.15, -0.1) is 0 Å². The second kappa shape index (κ2) is 7.03. The molecule has 0 aliphatic carbocycles. The van der Waals surface area contributed by atoms with Gasteiger partial charge >= 0.3 is 11.9 Å². The Morgan fingerprint density at radius 2 is 1.44 bits per heavy atom. The van der Waals surface area contributed by atoms with Gasteiger partial charge in [-0.25, -0.2) is 9.59 Å². The highest BCUT2D eigenvalue weighted by Crippen LogP contribution is 2.19. The molecule has 1 heterocycles. The van der Waals surface area contributed by atoms with Gasteiger partial charge in [0.15, 0.2) is 5.57 Å². The molecule has 1 rings (SSSR count). The first kappa shape index (κ1) is 14.5. The molecule has 102 valence electrons. The predicted molar refractivity (Wildman–Crippen MR) is 66.8 cm³/mol. The van der Waals surface area contributed by atoms with E-state index in [1.165, 1.54) is 0 Å². The molecule has 1 saturated heterocycles. The third-order valence-corrected chi connectivity index (χ3v) is 2.90. The molecule has 0 amide bonds. The molecule has 0 unspecified atom stereocenters. The number of nitrogens with zero attached hydrogens (tertiary/aromatic N) is 1. The molecule has 1 fully saturated rings. The summed E-state index contributed by atoms with van der Waals surface area (Å²) in [5.74, 6) is -1.19. The largest absolute Gasteiger partial charge is 0.462 e. The van der Waals surface area contributed by atoms with Crippen molar-refractivity contribution in [3.63, 3.8) is 0 Å². The first-order chi connectivity index (χ1) is 8.61. The van der Waals surface area contributed by atoms with Gasteiger partial charge in [0, 0.05) is 18.8 Å². The SMILES string of the molecule is CCOC(=O)C(C(=O)OCC)=C(C)N1CCCC1. The van der Waals surface area contributed by atoms with E-state index in [4.69, 9.17) is 9.47 Å². The standard InChI is InChI=1S/C13H21NO4/c1-4-17-12(15)11(13(16)18-5-2)10(3)14-8-6-7-9-14/h4-9H2,1-3H3. The number of ether oxygens (including phenoxy) is 2. The molecule has 1 aliphatic heterocycles. The van der Waals surface area contributed by atoms with Crippen LogP contribution in [0.4, 0.5) is 0 Å². The van der Waals surface area contributed by atoms with Crippen LogP contribution in [0, 0.1) is 0 Å². The Kier molecular flexibility index (Phi) is 5.68. The maximum atomic E-state index is 11.9. The van der Waals surface area contributed by atoms with E-state index >= 15 is 0 Å². The summed E-state index contributed by atoms with van der Waals surface area (Å²) in [6, 6.07) is 0. The van der Waals surface area contributed by atoms with E-state index in [1.807, 2.05) is 4.90 Å².